The molecule has 0 radical (unpaired) electrons. The van der Waals surface area contributed by atoms with Crippen LogP contribution in [0.15, 0.2) is 24.3 Å². The Morgan fingerprint density at radius 3 is 2.75 bits per heavy atom. The largest absolute Gasteiger partial charge is 0.449 e. The van der Waals surface area contributed by atoms with Gasteiger partial charge in [-0.05, 0) is 13.0 Å². The standard InChI is InChI=1S/C12H13NO3/c1-7-11(15)12(16-8(2)14)9-5-3-4-6-10(9)13-7/h3-7,12-13H,1-2H3. The number of para-hydroxylation sites is 1. The van der Waals surface area contributed by atoms with Crippen molar-refractivity contribution in [1.29, 1.82) is 0 Å². The Balaban J connectivity index is 2.41. The van der Waals surface area contributed by atoms with E-state index in [1.807, 2.05) is 18.2 Å². The van der Waals surface area contributed by atoms with Gasteiger partial charge in [0, 0.05) is 18.2 Å². The summed E-state index contributed by atoms with van der Waals surface area (Å²) in [4.78, 5) is 22.9. The minimum atomic E-state index is -0.773. The van der Waals surface area contributed by atoms with Gasteiger partial charge in [-0.25, -0.2) is 0 Å². The van der Waals surface area contributed by atoms with Gasteiger partial charge >= 0.3 is 5.97 Å². The van der Waals surface area contributed by atoms with Gasteiger partial charge in [-0.3, -0.25) is 9.59 Å². The van der Waals surface area contributed by atoms with Gasteiger partial charge in [-0.1, -0.05) is 18.2 Å². The number of Topliss-reactive ketones (excluding diaryl/α,β-unsaturated/α-hetero) is 1. The van der Waals surface area contributed by atoms with Gasteiger partial charge in [-0.15, -0.1) is 0 Å². The van der Waals surface area contributed by atoms with Crippen LogP contribution in [0, 0.1) is 0 Å². The van der Waals surface area contributed by atoms with Gasteiger partial charge in [0.2, 0.25) is 0 Å². The van der Waals surface area contributed by atoms with Crippen LogP contribution in [0.3, 0.4) is 0 Å². The summed E-state index contributed by atoms with van der Waals surface area (Å²) in [6.07, 6.45) is -0.773. The minimum absolute atomic E-state index is 0.117. The molecule has 1 N–H and O–H groups in total. The molecule has 0 fully saturated rings. The monoisotopic (exact) mass is 219 g/mol. The van der Waals surface area contributed by atoms with E-state index < -0.39 is 12.1 Å². The van der Waals surface area contributed by atoms with Crippen molar-refractivity contribution in [2.24, 2.45) is 0 Å². The lowest BCUT2D eigenvalue weighted by atomic mass is 9.94. The van der Waals surface area contributed by atoms with E-state index in [2.05, 4.69) is 5.32 Å². The third-order valence-corrected chi connectivity index (χ3v) is 2.58. The molecule has 1 aliphatic heterocycles. The van der Waals surface area contributed by atoms with E-state index in [1.54, 1.807) is 13.0 Å². The summed E-state index contributed by atoms with van der Waals surface area (Å²) < 4.78 is 5.07. The smallest absolute Gasteiger partial charge is 0.303 e. The number of ether oxygens (including phenoxy) is 1. The third kappa shape index (κ3) is 1.78. The van der Waals surface area contributed by atoms with E-state index in [0.29, 0.717) is 0 Å². The molecule has 16 heavy (non-hydrogen) atoms. The summed E-state index contributed by atoms with van der Waals surface area (Å²) >= 11 is 0. The van der Waals surface area contributed by atoms with Crippen LogP contribution in [0.2, 0.25) is 0 Å². The molecule has 4 nitrogen and oxygen atoms in total. The zero-order valence-electron chi connectivity index (χ0n) is 9.19. The zero-order chi connectivity index (χ0) is 11.7. The Bertz CT molecular complexity index is 442. The van der Waals surface area contributed by atoms with E-state index in [1.165, 1.54) is 6.92 Å². The van der Waals surface area contributed by atoms with Crippen molar-refractivity contribution >= 4 is 17.4 Å². The Morgan fingerprint density at radius 2 is 2.06 bits per heavy atom. The quantitative estimate of drug-likeness (QED) is 0.730. The molecule has 84 valence electrons. The molecule has 0 saturated carbocycles. The molecule has 1 heterocycles. The second-order valence-electron chi connectivity index (χ2n) is 3.85. The molecular weight excluding hydrogens is 206 g/mol. The lowest BCUT2D eigenvalue weighted by Crippen LogP contribution is -2.37. The summed E-state index contributed by atoms with van der Waals surface area (Å²) in [5.41, 5.74) is 1.57. The number of esters is 1. The van der Waals surface area contributed by atoms with E-state index in [0.717, 1.165) is 11.3 Å². The van der Waals surface area contributed by atoms with E-state index >= 15 is 0 Å². The van der Waals surface area contributed by atoms with Crippen LogP contribution in [-0.2, 0) is 14.3 Å². The topological polar surface area (TPSA) is 55.4 Å². The summed E-state index contributed by atoms with van der Waals surface area (Å²) in [6.45, 7) is 3.07. The predicted octanol–water partition coefficient (Wildman–Crippen LogP) is 1.67. The molecule has 0 aromatic heterocycles. The highest BCUT2D eigenvalue weighted by Gasteiger charge is 2.34. The molecule has 0 bridgehead atoms. The Hall–Kier alpha value is -1.84. The normalized spacial score (nSPS) is 23.2. The second-order valence-corrected chi connectivity index (χ2v) is 3.85. The molecule has 0 amide bonds. The van der Waals surface area contributed by atoms with E-state index in [9.17, 15) is 9.59 Å². The van der Waals surface area contributed by atoms with Crippen LogP contribution in [0.5, 0.6) is 0 Å². The highest BCUT2D eigenvalue weighted by atomic mass is 16.5. The SMILES string of the molecule is CC(=O)OC1C(=O)C(C)Nc2ccccc21. The highest BCUT2D eigenvalue weighted by molar-refractivity contribution is 5.96. The number of fused-ring (bicyclic) bond motifs is 1. The number of anilines is 1. The maximum Gasteiger partial charge on any atom is 0.303 e. The number of ketones is 1. The van der Waals surface area contributed by atoms with Gasteiger partial charge in [0.05, 0.1) is 6.04 Å². The first-order valence-electron chi connectivity index (χ1n) is 5.16. The van der Waals surface area contributed by atoms with Gasteiger partial charge in [0.25, 0.3) is 0 Å². The van der Waals surface area contributed by atoms with Crippen LogP contribution >= 0.6 is 0 Å². The molecule has 1 aliphatic rings. The van der Waals surface area contributed by atoms with E-state index in [-0.39, 0.29) is 11.8 Å². The minimum Gasteiger partial charge on any atom is -0.449 e. The second kappa shape index (κ2) is 3.96. The molecule has 4 heteroatoms. The fourth-order valence-electron chi connectivity index (χ4n) is 1.83. The molecule has 0 spiro atoms. The lowest BCUT2D eigenvalue weighted by Gasteiger charge is -2.29. The number of carbonyl (C=O) groups is 2. The van der Waals surface area contributed by atoms with Crippen LogP contribution in [-0.4, -0.2) is 17.8 Å². The molecule has 0 saturated heterocycles. The Morgan fingerprint density at radius 1 is 1.38 bits per heavy atom. The van der Waals surface area contributed by atoms with Crippen molar-refractivity contribution < 1.29 is 14.3 Å². The maximum absolute atomic E-state index is 11.9. The number of rotatable bonds is 1. The van der Waals surface area contributed by atoms with Crippen LogP contribution in [0.4, 0.5) is 5.69 Å². The van der Waals surface area contributed by atoms with Crippen molar-refractivity contribution in [3.63, 3.8) is 0 Å². The number of nitrogens with one attached hydrogen (secondary N) is 1. The fraction of sp³-hybridized carbons (Fsp3) is 0.333. The Kier molecular flexibility index (Phi) is 2.64. The highest BCUT2D eigenvalue weighted by Crippen LogP contribution is 2.32. The van der Waals surface area contributed by atoms with Gasteiger partial charge in [0.1, 0.15) is 0 Å². The first kappa shape index (κ1) is 10.7. The number of hydrogen-bond acceptors (Lipinski definition) is 4. The zero-order valence-corrected chi connectivity index (χ0v) is 9.19. The van der Waals surface area contributed by atoms with Crippen molar-refractivity contribution in [3.05, 3.63) is 29.8 Å². The molecular formula is C12H13NO3. The summed E-state index contributed by atoms with van der Waals surface area (Å²) in [5.74, 6) is -0.559. The molecule has 1 aromatic rings. The molecule has 2 unspecified atom stereocenters. The molecule has 2 atom stereocenters. The van der Waals surface area contributed by atoms with Crippen molar-refractivity contribution in [2.45, 2.75) is 26.0 Å². The van der Waals surface area contributed by atoms with Crippen LogP contribution < -0.4 is 5.32 Å². The summed E-state index contributed by atoms with van der Waals surface area (Å²) in [5, 5.41) is 3.07. The molecule has 2 rings (SSSR count). The number of benzene rings is 1. The fourth-order valence-corrected chi connectivity index (χ4v) is 1.83. The lowest BCUT2D eigenvalue weighted by molar-refractivity contribution is -0.154. The number of carbonyl (C=O) groups excluding carboxylic acids is 2. The van der Waals surface area contributed by atoms with Crippen molar-refractivity contribution in [1.82, 2.24) is 0 Å². The van der Waals surface area contributed by atoms with Crippen molar-refractivity contribution in [3.8, 4) is 0 Å². The van der Waals surface area contributed by atoms with Gasteiger partial charge in [0.15, 0.2) is 11.9 Å². The first-order chi connectivity index (χ1) is 7.59. The van der Waals surface area contributed by atoms with Crippen LogP contribution in [0.1, 0.15) is 25.5 Å². The molecule has 1 aromatic carbocycles. The molecule has 0 aliphatic carbocycles. The van der Waals surface area contributed by atoms with Crippen molar-refractivity contribution in [2.75, 3.05) is 5.32 Å². The summed E-state index contributed by atoms with van der Waals surface area (Å²) in [6, 6.07) is 7.02. The predicted molar refractivity (Wildman–Crippen MR) is 59.0 cm³/mol. The number of hydrogen-bond donors (Lipinski definition) is 1. The maximum atomic E-state index is 11.9. The van der Waals surface area contributed by atoms with E-state index in [4.69, 9.17) is 4.74 Å². The van der Waals surface area contributed by atoms with Gasteiger partial charge in [-0.2, -0.15) is 0 Å². The van der Waals surface area contributed by atoms with Gasteiger partial charge < -0.3 is 10.1 Å². The average molecular weight is 219 g/mol. The first-order valence-corrected chi connectivity index (χ1v) is 5.16. The average Bonchev–Trinajstić information content (AvgIpc) is 2.24. The third-order valence-electron chi connectivity index (χ3n) is 2.58. The van der Waals surface area contributed by atoms with Crippen LogP contribution in [0.25, 0.3) is 0 Å². The summed E-state index contributed by atoms with van der Waals surface area (Å²) in [7, 11) is 0. The Labute approximate surface area is 93.6 Å².